The van der Waals surface area contributed by atoms with Crippen LogP contribution in [0.3, 0.4) is 0 Å². The van der Waals surface area contributed by atoms with Gasteiger partial charge < -0.3 is 4.31 Å². The molecule has 11 heavy (non-hydrogen) atoms. The monoisotopic (exact) mass is 170 g/mol. The van der Waals surface area contributed by atoms with E-state index in [0.717, 1.165) is 5.06 Å². The maximum absolute atomic E-state index is 9.26. The van der Waals surface area contributed by atoms with Crippen molar-refractivity contribution in [2.75, 3.05) is 6.67 Å². The summed E-state index contributed by atoms with van der Waals surface area (Å²) in [6.07, 6.45) is 3.21. The fraction of sp³-hybridized carbons (Fsp3) is 0.200. The molecular formula is C5H6N4OS. The molecule has 0 aromatic rings. The van der Waals surface area contributed by atoms with E-state index in [1.54, 1.807) is 6.20 Å². The maximum Gasteiger partial charge on any atom is 0.130 e. The van der Waals surface area contributed by atoms with Crippen LogP contribution >= 0.6 is 12.8 Å². The van der Waals surface area contributed by atoms with Gasteiger partial charge in [0.2, 0.25) is 0 Å². The lowest BCUT2D eigenvalue weighted by Gasteiger charge is -2.27. The molecule has 6 heteroatoms. The molecule has 0 spiro atoms. The molecule has 0 fully saturated rings. The van der Waals surface area contributed by atoms with Crippen molar-refractivity contribution in [3.8, 4) is 0 Å². The maximum atomic E-state index is 9.26. The highest BCUT2D eigenvalue weighted by Gasteiger charge is 2.22. The molecule has 0 unspecified atom stereocenters. The number of hydrogen-bond donors (Lipinski definition) is 2. The van der Waals surface area contributed by atoms with Crippen molar-refractivity contribution in [3.63, 3.8) is 0 Å². The molecule has 2 heterocycles. The van der Waals surface area contributed by atoms with Crippen molar-refractivity contribution in [3.05, 3.63) is 23.8 Å². The number of hydrogen-bond acceptors (Lipinski definition) is 6. The van der Waals surface area contributed by atoms with Gasteiger partial charge in [0, 0.05) is 6.20 Å². The number of hydroxylamine groups is 2. The summed E-state index contributed by atoms with van der Waals surface area (Å²) in [4.78, 5) is 0. The smallest absolute Gasteiger partial charge is 0.130 e. The average molecular weight is 170 g/mol. The molecule has 5 nitrogen and oxygen atoms in total. The van der Waals surface area contributed by atoms with Crippen molar-refractivity contribution in [1.82, 2.24) is 9.37 Å². The molecule has 0 amide bonds. The van der Waals surface area contributed by atoms with Gasteiger partial charge in [-0.05, 0) is 0 Å². The first-order valence-corrected chi connectivity index (χ1v) is 3.42. The molecule has 2 aliphatic heterocycles. The Hall–Kier alpha value is -1.01. The Balaban J connectivity index is 2.37. The standard InChI is InChI=1S/C5H6N4OS/c10-9-3-8(11)2-4-5(9)1-6-7-4/h1-2,10-11H,3H2. The lowest BCUT2D eigenvalue weighted by atomic mass is 10.3. The first kappa shape index (κ1) is 6.68. The van der Waals surface area contributed by atoms with Crippen LogP contribution in [0.15, 0.2) is 34.0 Å². The molecule has 0 aromatic heterocycles. The van der Waals surface area contributed by atoms with Crippen LogP contribution in [-0.2, 0) is 0 Å². The Morgan fingerprint density at radius 3 is 3.27 bits per heavy atom. The van der Waals surface area contributed by atoms with Gasteiger partial charge in [-0.1, -0.05) is 12.8 Å². The van der Waals surface area contributed by atoms with Gasteiger partial charge >= 0.3 is 0 Å². The molecule has 0 bridgehead atoms. The van der Waals surface area contributed by atoms with E-state index >= 15 is 0 Å². The van der Waals surface area contributed by atoms with Gasteiger partial charge in [-0.25, -0.2) is 5.06 Å². The fourth-order valence-corrected chi connectivity index (χ4v) is 1.18. The largest absolute Gasteiger partial charge is 0.302 e. The summed E-state index contributed by atoms with van der Waals surface area (Å²) in [5.74, 6) is 0. The zero-order valence-corrected chi connectivity index (χ0v) is 6.44. The third-order valence-corrected chi connectivity index (χ3v) is 1.68. The highest BCUT2D eigenvalue weighted by molar-refractivity contribution is 7.77. The van der Waals surface area contributed by atoms with Crippen LogP contribution in [0.1, 0.15) is 0 Å². The number of fused-ring (bicyclic) bond motifs is 1. The second-order valence-corrected chi connectivity index (χ2v) is 2.74. The van der Waals surface area contributed by atoms with Crippen molar-refractivity contribution in [1.29, 1.82) is 0 Å². The predicted octanol–water partition coefficient (Wildman–Crippen LogP) is 0.944. The Bertz CT molecular complexity index is 272. The van der Waals surface area contributed by atoms with Crippen molar-refractivity contribution in [2.45, 2.75) is 0 Å². The Morgan fingerprint density at radius 2 is 2.45 bits per heavy atom. The second-order valence-electron chi connectivity index (χ2n) is 2.22. The van der Waals surface area contributed by atoms with Gasteiger partial charge in [-0.2, -0.15) is 5.11 Å². The zero-order valence-electron chi connectivity index (χ0n) is 5.55. The average Bonchev–Trinajstić information content (AvgIpc) is 2.34. The summed E-state index contributed by atoms with van der Waals surface area (Å²) < 4.78 is 1.52. The summed E-state index contributed by atoms with van der Waals surface area (Å²) in [7, 11) is 0. The minimum Gasteiger partial charge on any atom is -0.302 e. The summed E-state index contributed by atoms with van der Waals surface area (Å²) >= 11 is 4.03. The molecule has 0 aromatic carbocycles. The van der Waals surface area contributed by atoms with Crippen LogP contribution in [0.2, 0.25) is 0 Å². The molecule has 0 saturated heterocycles. The lowest BCUT2D eigenvalue weighted by Crippen LogP contribution is -2.31. The Kier molecular flexibility index (Phi) is 1.36. The van der Waals surface area contributed by atoms with Crippen LogP contribution < -0.4 is 0 Å². The quantitative estimate of drug-likeness (QED) is 0.532. The zero-order chi connectivity index (χ0) is 7.84. The summed E-state index contributed by atoms with van der Waals surface area (Å²) in [5.41, 5.74) is 1.25. The van der Waals surface area contributed by atoms with Gasteiger partial charge in [-0.15, -0.1) is 5.11 Å². The summed E-state index contributed by atoms with van der Waals surface area (Å²) in [5, 5.41) is 17.7. The van der Waals surface area contributed by atoms with E-state index in [0.29, 0.717) is 18.1 Å². The van der Waals surface area contributed by atoms with Gasteiger partial charge in [0.1, 0.15) is 18.1 Å². The van der Waals surface area contributed by atoms with E-state index in [9.17, 15) is 5.21 Å². The summed E-state index contributed by atoms with van der Waals surface area (Å²) in [6, 6.07) is 0. The van der Waals surface area contributed by atoms with E-state index in [1.165, 1.54) is 10.5 Å². The second kappa shape index (κ2) is 2.24. The lowest BCUT2D eigenvalue weighted by molar-refractivity contribution is -0.0729. The number of azo groups is 1. The van der Waals surface area contributed by atoms with Gasteiger partial charge in [0.05, 0.1) is 6.20 Å². The van der Waals surface area contributed by atoms with E-state index in [1.807, 2.05) is 0 Å². The van der Waals surface area contributed by atoms with E-state index in [2.05, 4.69) is 23.0 Å². The van der Waals surface area contributed by atoms with Crippen molar-refractivity contribution in [2.24, 2.45) is 10.2 Å². The molecule has 2 aliphatic rings. The van der Waals surface area contributed by atoms with Crippen LogP contribution in [-0.4, -0.2) is 21.2 Å². The fourth-order valence-electron chi connectivity index (χ4n) is 0.949. The molecule has 0 aliphatic carbocycles. The highest BCUT2D eigenvalue weighted by atomic mass is 32.1. The topological polar surface area (TPSA) is 51.4 Å². The van der Waals surface area contributed by atoms with Crippen LogP contribution in [0.5, 0.6) is 0 Å². The normalized spacial score (nSPS) is 21.6. The van der Waals surface area contributed by atoms with E-state index < -0.39 is 0 Å². The minimum absolute atomic E-state index is 0.323. The van der Waals surface area contributed by atoms with Crippen LogP contribution in [0.4, 0.5) is 0 Å². The molecule has 0 saturated carbocycles. The van der Waals surface area contributed by atoms with Crippen molar-refractivity contribution < 1.29 is 5.21 Å². The Labute approximate surface area is 68.8 Å². The van der Waals surface area contributed by atoms with Gasteiger partial charge in [-0.3, -0.25) is 5.21 Å². The van der Waals surface area contributed by atoms with Crippen molar-refractivity contribution >= 4 is 12.8 Å². The molecule has 1 N–H and O–H groups in total. The van der Waals surface area contributed by atoms with E-state index in [-0.39, 0.29) is 0 Å². The third-order valence-electron chi connectivity index (χ3n) is 1.44. The molecule has 0 atom stereocenters. The van der Waals surface area contributed by atoms with Gasteiger partial charge in [0.15, 0.2) is 0 Å². The first-order valence-electron chi connectivity index (χ1n) is 3.02. The predicted molar refractivity (Wildman–Crippen MR) is 40.3 cm³/mol. The Morgan fingerprint density at radius 1 is 1.64 bits per heavy atom. The van der Waals surface area contributed by atoms with Crippen LogP contribution in [0.25, 0.3) is 0 Å². The molecule has 2 rings (SSSR count). The molecule has 0 radical (unpaired) electrons. The van der Waals surface area contributed by atoms with Crippen LogP contribution in [0, 0.1) is 0 Å². The minimum atomic E-state index is 0.323. The third kappa shape index (κ3) is 0.997. The summed E-state index contributed by atoms with van der Waals surface area (Å²) in [6.45, 7) is 0.323. The van der Waals surface area contributed by atoms with E-state index in [4.69, 9.17) is 0 Å². The SMILES string of the molecule is ON1CN(S)C=C2N=NC=C21. The van der Waals surface area contributed by atoms with Gasteiger partial charge in [0.25, 0.3) is 0 Å². The number of thiol groups is 1. The highest BCUT2D eigenvalue weighted by Crippen LogP contribution is 2.26. The molecule has 58 valence electrons. The number of rotatable bonds is 0. The molecular weight excluding hydrogens is 164 g/mol. The first-order chi connectivity index (χ1) is 5.27. The number of nitrogens with zero attached hydrogens (tertiary/aromatic N) is 4.